The van der Waals surface area contributed by atoms with Gasteiger partial charge in [-0.1, -0.05) is 12.1 Å². The van der Waals surface area contributed by atoms with Crippen LogP contribution < -0.4 is 10.1 Å². The molecular formula is C17H15N5O2. The maximum Gasteiger partial charge on any atom is 0.248 e. The first kappa shape index (κ1) is 15.4. The lowest BCUT2D eigenvalue weighted by Gasteiger charge is -2.04. The van der Waals surface area contributed by atoms with E-state index in [2.05, 4.69) is 20.8 Å². The van der Waals surface area contributed by atoms with E-state index >= 15 is 0 Å². The quantitative estimate of drug-likeness (QED) is 0.729. The molecular weight excluding hydrogens is 306 g/mol. The van der Waals surface area contributed by atoms with Gasteiger partial charge in [0.2, 0.25) is 5.91 Å². The molecule has 0 atom stereocenters. The summed E-state index contributed by atoms with van der Waals surface area (Å²) in [7, 11) is 1.61. The Morgan fingerprint density at radius 2 is 2.04 bits per heavy atom. The molecule has 0 aliphatic heterocycles. The fraction of sp³-hybridized carbons (Fsp3) is 0.0588. The summed E-state index contributed by atoms with van der Waals surface area (Å²) in [6.45, 7) is 0. The molecule has 1 amide bonds. The summed E-state index contributed by atoms with van der Waals surface area (Å²) in [6.07, 6.45) is 4.71. The van der Waals surface area contributed by atoms with Gasteiger partial charge in [-0.15, -0.1) is 5.10 Å². The van der Waals surface area contributed by atoms with Crippen molar-refractivity contribution in [2.45, 2.75) is 0 Å². The molecule has 3 aromatic rings. The molecule has 1 N–H and O–H groups in total. The van der Waals surface area contributed by atoms with Crippen LogP contribution in [0.4, 0.5) is 5.69 Å². The number of amides is 1. The molecule has 0 saturated heterocycles. The number of hydrogen-bond donors (Lipinski definition) is 1. The molecule has 0 unspecified atom stereocenters. The fourth-order valence-electron chi connectivity index (χ4n) is 2.08. The summed E-state index contributed by atoms with van der Waals surface area (Å²) in [5.74, 6) is 0.531. The van der Waals surface area contributed by atoms with Gasteiger partial charge in [-0.25, -0.2) is 4.68 Å². The maximum atomic E-state index is 12.0. The van der Waals surface area contributed by atoms with Gasteiger partial charge in [0, 0.05) is 11.8 Å². The lowest BCUT2D eigenvalue weighted by atomic mass is 10.2. The van der Waals surface area contributed by atoms with E-state index in [4.69, 9.17) is 4.74 Å². The van der Waals surface area contributed by atoms with Crippen molar-refractivity contribution >= 4 is 17.7 Å². The molecule has 0 aliphatic rings. The van der Waals surface area contributed by atoms with Gasteiger partial charge in [0.05, 0.1) is 12.8 Å². The van der Waals surface area contributed by atoms with Crippen LogP contribution in [-0.4, -0.2) is 33.2 Å². The van der Waals surface area contributed by atoms with Gasteiger partial charge in [0.15, 0.2) is 0 Å². The van der Waals surface area contributed by atoms with Gasteiger partial charge >= 0.3 is 0 Å². The third kappa shape index (κ3) is 3.83. The summed E-state index contributed by atoms with van der Waals surface area (Å²) < 4.78 is 6.68. The molecule has 2 aromatic carbocycles. The molecule has 24 heavy (non-hydrogen) atoms. The predicted octanol–water partition coefficient (Wildman–Crippen LogP) is 2.32. The van der Waals surface area contributed by atoms with E-state index in [-0.39, 0.29) is 5.91 Å². The average Bonchev–Trinajstić information content (AvgIpc) is 3.15. The van der Waals surface area contributed by atoms with Crippen LogP contribution in [0.15, 0.2) is 60.9 Å². The molecule has 0 fully saturated rings. The summed E-state index contributed by atoms with van der Waals surface area (Å²) in [6, 6.07) is 14.7. The van der Waals surface area contributed by atoms with Gasteiger partial charge in [0.25, 0.3) is 0 Å². The lowest BCUT2D eigenvalue weighted by molar-refractivity contribution is -0.111. The number of methoxy groups -OCH3 is 1. The van der Waals surface area contributed by atoms with Crippen LogP contribution in [0.5, 0.6) is 5.75 Å². The highest BCUT2D eigenvalue weighted by atomic mass is 16.5. The first-order valence-corrected chi connectivity index (χ1v) is 7.21. The Labute approximate surface area is 138 Å². The van der Waals surface area contributed by atoms with Crippen LogP contribution in [0.3, 0.4) is 0 Å². The monoisotopic (exact) mass is 321 g/mol. The number of anilines is 1. The Morgan fingerprint density at radius 3 is 2.75 bits per heavy atom. The van der Waals surface area contributed by atoms with Gasteiger partial charge < -0.3 is 10.1 Å². The molecule has 1 aromatic heterocycles. The minimum atomic E-state index is -0.215. The number of carbonyl (C=O) groups excluding carboxylic acids is 1. The standard InChI is InChI=1S/C17H15N5O2/c1-24-16-4-2-3-13(11-16)5-10-17(23)19-14-6-8-15(9-7-14)22-12-18-20-21-22/h2-12H,1H3,(H,19,23)/b10-5+. The van der Waals surface area contributed by atoms with Crippen molar-refractivity contribution in [2.75, 3.05) is 12.4 Å². The summed E-state index contributed by atoms with van der Waals surface area (Å²) in [5, 5.41) is 13.8. The summed E-state index contributed by atoms with van der Waals surface area (Å²) >= 11 is 0. The van der Waals surface area contributed by atoms with Crippen LogP contribution >= 0.6 is 0 Å². The van der Waals surface area contributed by atoms with E-state index in [0.29, 0.717) is 5.69 Å². The minimum Gasteiger partial charge on any atom is -0.497 e. The first-order chi connectivity index (χ1) is 11.7. The van der Waals surface area contributed by atoms with Crippen molar-refractivity contribution in [1.82, 2.24) is 20.2 Å². The highest BCUT2D eigenvalue weighted by Gasteiger charge is 2.01. The highest BCUT2D eigenvalue weighted by molar-refractivity contribution is 6.01. The minimum absolute atomic E-state index is 0.215. The molecule has 3 rings (SSSR count). The SMILES string of the molecule is COc1cccc(/C=C/C(=O)Nc2ccc(-n3cnnn3)cc2)c1. The van der Waals surface area contributed by atoms with E-state index in [0.717, 1.165) is 17.0 Å². The van der Waals surface area contributed by atoms with Crippen LogP contribution in [0, 0.1) is 0 Å². The van der Waals surface area contributed by atoms with E-state index in [1.165, 1.54) is 17.1 Å². The topological polar surface area (TPSA) is 81.9 Å². The number of carbonyl (C=O) groups is 1. The van der Waals surface area contributed by atoms with Crippen molar-refractivity contribution in [3.63, 3.8) is 0 Å². The Morgan fingerprint density at radius 1 is 1.21 bits per heavy atom. The number of nitrogens with one attached hydrogen (secondary N) is 1. The highest BCUT2D eigenvalue weighted by Crippen LogP contribution is 2.14. The van der Waals surface area contributed by atoms with E-state index in [1.54, 1.807) is 25.3 Å². The Kier molecular flexibility index (Phi) is 4.62. The molecule has 7 heteroatoms. The third-order valence-electron chi connectivity index (χ3n) is 3.27. The fourth-order valence-corrected chi connectivity index (χ4v) is 2.08. The van der Waals surface area contributed by atoms with Gasteiger partial charge in [0.1, 0.15) is 12.1 Å². The van der Waals surface area contributed by atoms with E-state index < -0.39 is 0 Å². The molecule has 0 spiro atoms. The van der Waals surface area contributed by atoms with Crippen molar-refractivity contribution < 1.29 is 9.53 Å². The normalized spacial score (nSPS) is 10.7. The number of rotatable bonds is 5. The van der Waals surface area contributed by atoms with Crippen molar-refractivity contribution in [3.8, 4) is 11.4 Å². The Bertz CT molecular complexity index is 842. The lowest BCUT2D eigenvalue weighted by Crippen LogP contribution is -2.07. The van der Waals surface area contributed by atoms with Crippen molar-refractivity contribution in [2.24, 2.45) is 0 Å². The number of tetrazole rings is 1. The van der Waals surface area contributed by atoms with E-state index in [1.807, 2.05) is 36.4 Å². The van der Waals surface area contributed by atoms with Crippen molar-refractivity contribution in [1.29, 1.82) is 0 Å². The Hall–Kier alpha value is -3.48. The van der Waals surface area contributed by atoms with Crippen molar-refractivity contribution in [3.05, 3.63) is 66.5 Å². The molecule has 0 radical (unpaired) electrons. The van der Waals surface area contributed by atoms with Crippen LogP contribution in [0.25, 0.3) is 11.8 Å². The smallest absolute Gasteiger partial charge is 0.248 e. The number of aromatic nitrogens is 4. The zero-order valence-corrected chi connectivity index (χ0v) is 13.0. The second kappa shape index (κ2) is 7.19. The number of hydrogen-bond acceptors (Lipinski definition) is 5. The molecule has 7 nitrogen and oxygen atoms in total. The first-order valence-electron chi connectivity index (χ1n) is 7.21. The third-order valence-corrected chi connectivity index (χ3v) is 3.27. The molecule has 0 bridgehead atoms. The average molecular weight is 321 g/mol. The number of ether oxygens (including phenoxy) is 1. The molecule has 0 saturated carbocycles. The zero-order chi connectivity index (χ0) is 16.8. The summed E-state index contributed by atoms with van der Waals surface area (Å²) in [5.41, 5.74) is 2.38. The number of nitrogens with zero attached hydrogens (tertiary/aromatic N) is 4. The molecule has 0 aliphatic carbocycles. The zero-order valence-electron chi connectivity index (χ0n) is 13.0. The Balaban J connectivity index is 1.63. The van der Waals surface area contributed by atoms with Crippen LogP contribution in [0.1, 0.15) is 5.56 Å². The van der Waals surface area contributed by atoms with Crippen LogP contribution in [-0.2, 0) is 4.79 Å². The van der Waals surface area contributed by atoms with Gasteiger partial charge in [-0.2, -0.15) is 0 Å². The second-order valence-corrected chi connectivity index (χ2v) is 4.90. The van der Waals surface area contributed by atoms with Gasteiger partial charge in [-0.3, -0.25) is 4.79 Å². The van der Waals surface area contributed by atoms with Crippen LogP contribution in [0.2, 0.25) is 0 Å². The van der Waals surface area contributed by atoms with Gasteiger partial charge in [-0.05, 0) is 58.5 Å². The maximum absolute atomic E-state index is 12.0. The number of benzene rings is 2. The summed E-state index contributed by atoms with van der Waals surface area (Å²) in [4.78, 5) is 12.0. The second-order valence-electron chi connectivity index (χ2n) is 4.90. The predicted molar refractivity (Wildman–Crippen MR) is 89.8 cm³/mol. The molecule has 1 heterocycles. The molecule has 120 valence electrons. The van der Waals surface area contributed by atoms with E-state index in [9.17, 15) is 4.79 Å². The largest absolute Gasteiger partial charge is 0.497 e.